The number of rotatable bonds is 3. The van der Waals surface area contributed by atoms with Crippen LogP contribution in [0.3, 0.4) is 0 Å². The highest BCUT2D eigenvalue weighted by atomic mass is 32.1. The summed E-state index contributed by atoms with van der Waals surface area (Å²) in [6, 6.07) is 0. The molecule has 104 valence electrons. The van der Waals surface area contributed by atoms with Crippen LogP contribution < -0.4 is 5.32 Å². The van der Waals surface area contributed by atoms with Gasteiger partial charge in [-0.2, -0.15) is 0 Å². The van der Waals surface area contributed by atoms with Gasteiger partial charge in [-0.3, -0.25) is 10.3 Å². The van der Waals surface area contributed by atoms with Crippen molar-refractivity contribution in [3.05, 3.63) is 22.3 Å². The van der Waals surface area contributed by atoms with Crippen LogP contribution in [-0.4, -0.2) is 29.8 Å². The van der Waals surface area contributed by atoms with Crippen LogP contribution in [0.2, 0.25) is 0 Å². The van der Waals surface area contributed by atoms with E-state index in [1.54, 1.807) is 32.5 Å². The van der Waals surface area contributed by atoms with Crippen LogP contribution in [0.25, 0.3) is 6.08 Å². The van der Waals surface area contributed by atoms with Gasteiger partial charge in [0.1, 0.15) is 11.3 Å². The van der Waals surface area contributed by atoms with E-state index < -0.39 is 17.7 Å². The molecule has 1 aromatic heterocycles. The number of nitrogens with zero attached hydrogens (tertiary/aromatic N) is 1. The summed E-state index contributed by atoms with van der Waals surface area (Å²) in [5.74, 6) is -0.653. The van der Waals surface area contributed by atoms with E-state index in [1.165, 1.54) is 24.5 Å². The van der Waals surface area contributed by atoms with Crippen LogP contribution in [0.4, 0.5) is 4.79 Å². The summed E-state index contributed by atoms with van der Waals surface area (Å²) in [7, 11) is 1.24. The van der Waals surface area contributed by atoms with Gasteiger partial charge in [-0.1, -0.05) is 0 Å². The Labute approximate surface area is 115 Å². The molecule has 0 radical (unpaired) electrons. The zero-order valence-electron chi connectivity index (χ0n) is 11.2. The van der Waals surface area contributed by atoms with Crippen LogP contribution in [0, 0.1) is 0 Å². The lowest BCUT2D eigenvalue weighted by Gasteiger charge is -2.19. The summed E-state index contributed by atoms with van der Waals surface area (Å²) in [6.45, 7) is 5.20. The van der Waals surface area contributed by atoms with E-state index in [9.17, 15) is 9.59 Å². The summed E-state index contributed by atoms with van der Waals surface area (Å²) in [5.41, 5.74) is 0.977. The Balaban J connectivity index is 2.82. The molecule has 0 saturated heterocycles. The standard InChI is InChI=1S/C12H16N2O4S/c1-12(2,3)18-11(16)14-9(10(15)17-4)5-8-6-13-7-19-8/h5-7H,1-4H3,(H,14,16). The second-order valence-corrected chi connectivity index (χ2v) is 5.50. The fourth-order valence-corrected chi connectivity index (χ4v) is 1.66. The van der Waals surface area contributed by atoms with E-state index in [0.29, 0.717) is 0 Å². The first-order chi connectivity index (χ1) is 8.81. The molecular weight excluding hydrogens is 268 g/mol. The molecule has 0 aliphatic carbocycles. The number of hydrogen-bond donors (Lipinski definition) is 1. The third-order valence-electron chi connectivity index (χ3n) is 1.78. The topological polar surface area (TPSA) is 77.5 Å². The maximum Gasteiger partial charge on any atom is 0.412 e. The van der Waals surface area contributed by atoms with Gasteiger partial charge in [0.25, 0.3) is 0 Å². The zero-order valence-corrected chi connectivity index (χ0v) is 12.0. The molecule has 0 aliphatic rings. The molecule has 0 fully saturated rings. The molecule has 0 atom stereocenters. The Morgan fingerprint density at radius 2 is 2.11 bits per heavy atom. The van der Waals surface area contributed by atoms with E-state index in [-0.39, 0.29) is 5.70 Å². The number of hydrogen-bond acceptors (Lipinski definition) is 6. The maximum absolute atomic E-state index is 11.6. The molecule has 7 heteroatoms. The van der Waals surface area contributed by atoms with Crippen molar-refractivity contribution in [3.8, 4) is 0 Å². The fourth-order valence-electron chi connectivity index (χ4n) is 1.11. The van der Waals surface area contributed by atoms with E-state index in [2.05, 4.69) is 15.0 Å². The Kier molecular flexibility index (Phi) is 5.05. The zero-order chi connectivity index (χ0) is 14.5. The Morgan fingerprint density at radius 1 is 1.42 bits per heavy atom. The quantitative estimate of drug-likeness (QED) is 0.680. The fraction of sp³-hybridized carbons (Fsp3) is 0.417. The molecule has 1 rings (SSSR count). The number of thiazole rings is 1. The Morgan fingerprint density at radius 3 is 2.58 bits per heavy atom. The van der Waals surface area contributed by atoms with Crippen molar-refractivity contribution >= 4 is 29.5 Å². The molecule has 0 spiro atoms. The van der Waals surface area contributed by atoms with Gasteiger partial charge < -0.3 is 9.47 Å². The summed E-state index contributed by atoms with van der Waals surface area (Å²) >= 11 is 1.33. The van der Waals surface area contributed by atoms with Crippen LogP contribution in [-0.2, 0) is 14.3 Å². The lowest BCUT2D eigenvalue weighted by molar-refractivity contribution is -0.136. The maximum atomic E-state index is 11.6. The first-order valence-electron chi connectivity index (χ1n) is 5.50. The van der Waals surface area contributed by atoms with Crippen molar-refractivity contribution in [2.24, 2.45) is 0 Å². The second-order valence-electron chi connectivity index (χ2n) is 4.58. The normalized spacial score (nSPS) is 11.9. The van der Waals surface area contributed by atoms with Crippen molar-refractivity contribution in [2.75, 3.05) is 7.11 Å². The molecule has 1 heterocycles. The number of aromatic nitrogens is 1. The van der Waals surface area contributed by atoms with Gasteiger partial charge in [-0.05, 0) is 26.8 Å². The summed E-state index contributed by atoms with van der Waals surface area (Å²) in [6.07, 6.45) is 2.34. The van der Waals surface area contributed by atoms with Crippen molar-refractivity contribution in [1.29, 1.82) is 0 Å². The first-order valence-corrected chi connectivity index (χ1v) is 6.38. The van der Waals surface area contributed by atoms with Crippen LogP contribution >= 0.6 is 11.3 Å². The summed E-state index contributed by atoms with van der Waals surface area (Å²) in [4.78, 5) is 27.8. The van der Waals surface area contributed by atoms with Gasteiger partial charge in [-0.25, -0.2) is 9.59 Å². The molecule has 1 N–H and O–H groups in total. The van der Waals surface area contributed by atoms with E-state index in [0.717, 1.165) is 4.88 Å². The first kappa shape index (κ1) is 15.2. The van der Waals surface area contributed by atoms with Gasteiger partial charge in [0, 0.05) is 11.1 Å². The number of alkyl carbamates (subject to hydrolysis) is 1. The predicted molar refractivity (Wildman–Crippen MR) is 71.5 cm³/mol. The minimum Gasteiger partial charge on any atom is -0.464 e. The predicted octanol–water partition coefficient (Wildman–Crippen LogP) is 2.18. The molecule has 0 aliphatic heterocycles. The largest absolute Gasteiger partial charge is 0.464 e. The third-order valence-corrected chi connectivity index (χ3v) is 2.50. The average molecular weight is 284 g/mol. The molecule has 0 bridgehead atoms. The number of ether oxygens (including phenoxy) is 2. The molecule has 0 aromatic carbocycles. The van der Waals surface area contributed by atoms with Crippen molar-refractivity contribution < 1.29 is 19.1 Å². The molecule has 1 amide bonds. The lowest BCUT2D eigenvalue weighted by atomic mass is 10.2. The smallest absolute Gasteiger partial charge is 0.412 e. The molecule has 0 unspecified atom stereocenters. The van der Waals surface area contributed by atoms with Gasteiger partial charge in [0.2, 0.25) is 0 Å². The summed E-state index contributed by atoms with van der Waals surface area (Å²) in [5, 5.41) is 2.37. The molecule has 1 aromatic rings. The van der Waals surface area contributed by atoms with Gasteiger partial charge in [0.05, 0.1) is 12.6 Å². The average Bonchev–Trinajstić information content (AvgIpc) is 2.77. The van der Waals surface area contributed by atoms with Crippen molar-refractivity contribution in [2.45, 2.75) is 26.4 Å². The second kappa shape index (κ2) is 6.33. The number of amides is 1. The number of carbonyl (C=O) groups is 2. The van der Waals surface area contributed by atoms with Gasteiger partial charge >= 0.3 is 12.1 Å². The SMILES string of the molecule is COC(=O)C(=Cc1cncs1)NC(=O)OC(C)(C)C. The van der Waals surface area contributed by atoms with E-state index in [1.807, 2.05) is 0 Å². The van der Waals surface area contributed by atoms with Gasteiger partial charge in [0.15, 0.2) is 0 Å². The highest BCUT2D eigenvalue weighted by Crippen LogP contribution is 2.12. The Hall–Kier alpha value is -1.89. The van der Waals surface area contributed by atoms with E-state index >= 15 is 0 Å². The van der Waals surface area contributed by atoms with Gasteiger partial charge in [-0.15, -0.1) is 11.3 Å². The minimum absolute atomic E-state index is 0.000926. The van der Waals surface area contributed by atoms with Crippen LogP contribution in [0.5, 0.6) is 0 Å². The highest BCUT2D eigenvalue weighted by Gasteiger charge is 2.20. The number of methoxy groups -OCH3 is 1. The van der Waals surface area contributed by atoms with Crippen molar-refractivity contribution in [1.82, 2.24) is 10.3 Å². The molecule has 0 saturated carbocycles. The highest BCUT2D eigenvalue weighted by molar-refractivity contribution is 7.10. The molecule has 6 nitrogen and oxygen atoms in total. The molecule has 19 heavy (non-hydrogen) atoms. The molecular formula is C12H16N2O4S. The summed E-state index contributed by atoms with van der Waals surface area (Å²) < 4.78 is 9.67. The van der Waals surface area contributed by atoms with Crippen LogP contribution in [0.15, 0.2) is 17.4 Å². The number of esters is 1. The number of carbonyl (C=O) groups excluding carboxylic acids is 2. The number of nitrogens with one attached hydrogen (secondary N) is 1. The lowest BCUT2D eigenvalue weighted by Crippen LogP contribution is -2.34. The third kappa shape index (κ3) is 5.52. The monoisotopic (exact) mass is 284 g/mol. The van der Waals surface area contributed by atoms with Crippen molar-refractivity contribution in [3.63, 3.8) is 0 Å². The van der Waals surface area contributed by atoms with Crippen LogP contribution in [0.1, 0.15) is 25.6 Å². The minimum atomic E-state index is -0.714. The van der Waals surface area contributed by atoms with E-state index in [4.69, 9.17) is 4.74 Å². The Bertz CT molecular complexity index is 474.